The Morgan fingerprint density at radius 3 is 2.61 bits per heavy atom. The van der Waals surface area contributed by atoms with E-state index >= 15 is 0 Å². The molecule has 23 heavy (non-hydrogen) atoms. The van der Waals surface area contributed by atoms with Crippen LogP contribution in [0, 0.1) is 10.1 Å². The number of carboxylic acid groups (broad SMARTS) is 1. The van der Waals surface area contributed by atoms with Crippen LogP contribution >= 0.6 is 0 Å². The van der Waals surface area contributed by atoms with Crippen molar-refractivity contribution in [2.75, 3.05) is 6.61 Å². The number of carbonyl (C=O) groups excluding carboxylic acids is 1. The van der Waals surface area contributed by atoms with E-state index in [0.717, 1.165) is 12.5 Å². The van der Waals surface area contributed by atoms with Crippen molar-refractivity contribution in [3.63, 3.8) is 0 Å². The van der Waals surface area contributed by atoms with Crippen molar-refractivity contribution in [2.24, 2.45) is 0 Å². The second kappa shape index (κ2) is 6.64. The van der Waals surface area contributed by atoms with Crippen LogP contribution in [0.15, 0.2) is 18.2 Å². The minimum Gasteiger partial charge on any atom is -0.487 e. The van der Waals surface area contributed by atoms with E-state index in [2.05, 4.69) is 5.32 Å². The van der Waals surface area contributed by atoms with Crippen molar-refractivity contribution in [3.8, 4) is 5.75 Å². The zero-order valence-electron chi connectivity index (χ0n) is 12.7. The Balaban J connectivity index is 2.20. The van der Waals surface area contributed by atoms with Gasteiger partial charge in [0.05, 0.1) is 23.5 Å². The second-order valence-corrected chi connectivity index (χ2v) is 5.53. The van der Waals surface area contributed by atoms with E-state index < -0.39 is 22.3 Å². The van der Waals surface area contributed by atoms with Crippen LogP contribution in [0.4, 0.5) is 5.69 Å². The number of benzene rings is 1. The molecule has 1 fully saturated rings. The topological polar surface area (TPSA) is 119 Å². The summed E-state index contributed by atoms with van der Waals surface area (Å²) in [6.07, 6.45) is 1.86. The van der Waals surface area contributed by atoms with Gasteiger partial charge in [0.1, 0.15) is 0 Å². The minimum absolute atomic E-state index is 0.0953. The van der Waals surface area contributed by atoms with E-state index in [1.165, 1.54) is 12.1 Å². The van der Waals surface area contributed by atoms with Crippen LogP contribution in [0.3, 0.4) is 0 Å². The Kier molecular flexibility index (Phi) is 4.83. The molecule has 0 unspecified atom stereocenters. The molecule has 1 amide bonds. The van der Waals surface area contributed by atoms with Gasteiger partial charge in [0.25, 0.3) is 5.91 Å². The standard InChI is InChI=1S/C15H18N2O6/c1-2-23-12-5-4-10(8-11(12)17(21)22)14(20)16-15(6-3-7-15)9-13(18)19/h4-5,8H,2-3,6-7,9H2,1H3,(H,16,20)(H,18,19). The number of nitro groups is 1. The highest BCUT2D eigenvalue weighted by molar-refractivity contribution is 5.96. The van der Waals surface area contributed by atoms with Gasteiger partial charge in [-0.25, -0.2) is 0 Å². The number of hydrogen-bond donors (Lipinski definition) is 2. The second-order valence-electron chi connectivity index (χ2n) is 5.53. The van der Waals surface area contributed by atoms with Gasteiger partial charge < -0.3 is 15.2 Å². The molecule has 0 saturated heterocycles. The molecular weight excluding hydrogens is 304 g/mol. The van der Waals surface area contributed by atoms with Crippen molar-refractivity contribution in [1.29, 1.82) is 0 Å². The summed E-state index contributed by atoms with van der Waals surface area (Å²) < 4.78 is 5.17. The summed E-state index contributed by atoms with van der Waals surface area (Å²) in [6.45, 7) is 1.98. The van der Waals surface area contributed by atoms with Crippen LogP contribution in [0.1, 0.15) is 43.0 Å². The lowest BCUT2D eigenvalue weighted by molar-refractivity contribution is -0.385. The molecule has 0 aliphatic heterocycles. The third-order valence-corrected chi connectivity index (χ3v) is 3.90. The number of amides is 1. The fraction of sp³-hybridized carbons (Fsp3) is 0.467. The van der Waals surface area contributed by atoms with Crippen molar-refractivity contribution in [1.82, 2.24) is 5.32 Å². The van der Waals surface area contributed by atoms with E-state index in [1.807, 2.05) is 0 Å². The first-order valence-electron chi connectivity index (χ1n) is 7.32. The molecule has 1 saturated carbocycles. The molecule has 8 nitrogen and oxygen atoms in total. The molecule has 0 bridgehead atoms. The van der Waals surface area contributed by atoms with Gasteiger partial charge in [-0.05, 0) is 38.3 Å². The fourth-order valence-corrected chi connectivity index (χ4v) is 2.63. The van der Waals surface area contributed by atoms with Crippen molar-refractivity contribution >= 4 is 17.6 Å². The molecule has 2 N–H and O–H groups in total. The Bertz CT molecular complexity index is 639. The molecule has 0 radical (unpaired) electrons. The van der Waals surface area contributed by atoms with Gasteiger partial charge in [-0.3, -0.25) is 19.7 Å². The van der Waals surface area contributed by atoms with Crippen molar-refractivity contribution in [2.45, 2.75) is 38.1 Å². The first kappa shape index (κ1) is 16.7. The number of carboxylic acids is 1. The predicted molar refractivity (Wildman–Crippen MR) is 80.6 cm³/mol. The molecule has 1 aliphatic rings. The summed E-state index contributed by atoms with van der Waals surface area (Å²) in [6, 6.07) is 3.95. The lowest BCUT2D eigenvalue weighted by Crippen LogP contribution is -2.54. The molecule has 0 atom stereocenters. The maximum Gasteiger partial charge on any atom is 0.311 e. The van der Waals surface area contributed by atoms with Gasteiger partial charge in [-0.1, -0.05) is 0 Å². The van der Waals surface area contributed by atoms with E-state index in [9.17, 15) is 19.7 Å². The summed E-state index contributed by atoms with van der Waals surface area (Å²) in [4.78, 5) is 33.7. The number of rotatable bonds is 7. The number of aliphatic carboxylic acids is 1. The largest absolute Gasteiger partial charge is 0.487 e. The highest BCUT2D eigenvalue weighted by Gasteiger charge is 2.40. The summed E-state index contributed by atoms with van der Waals surface area (Å²) in [7, 11) is 0. The molecule has 2 rings (SSSR count). The summed E-state index contributed by atoms with van der Waals surface area (Å²) in [5.74, 6) is -1.40. The number of nitro benzene ring substituents is 1. The summed E-state index contributed by atoms with van der Waals surface area (Å²) in [5.41, 5.74) is -0.937. The van der Waals surface area contributed by atoms with Gasteiger partial charge in [-0.2, -0.15) is 0 Å². The van der Waals surface area contributed by atoms with Gasteiger partial charge >= 0.3 is 11.7 Å². The highest BCUT2D eigenvalue weighted by atomic mass is 16.6. The zero-order valence-corrected chi connectivity index (χ0v) is 12.7. The average molecular weight is 322 g/mol. The number of hydrogen-bond acceptors (Lipinski definition) is 5. The number of nitrogens with one attached hydrogen (secondary N) is 1. The lowest BCUT2D eigenvalue weighted by atomic mass is 9.74. The highest BCUT2D eigenvalue weighted by Crippen LogP contribution is 2.35. The quantitative estimate of drug-likeness (QED) is 0.586. The smallest absolute Gasteiger partial charge is 0.311 e. The number of nitrogens with zero attached hydrogens (tertiary/aromatic N) is 1. The molecule has 0 spiro atoms. The first-order chi connectivity index (χ1) is 10.9. The van der Waals surface area contributed by atoms with Gasteiger partial charge in [0.15, 0.2) is 5.75 Å². The van der Waals surface area contributed by atoms with E-state index in [1.54, 1.807) is 6.92 Å². The Morgan fingerprint density at radius 2 is 2.13 bits per heavy atom. The van der Waals surface area contributed by atoms with Crippen LogP contribution in [-0.2, 0) is 4.79 Å². The third kappa shape index (κ3) is 3.77. The molecule has 1 aliphatic carbocycles. The monoisotopic (exact) mass is 322 g/mol. The van der Waals surface area contributed by atoms with E-state index in [4.69, 9.17) is 9.84 Å². The molecule has 0 heterocycles. The Labute approximate surface area is 132 Å². The molecule has 8 heteroatoms. The summed E-state index contributed by atoms with van der Waals surface area (Å²) >= 11 is 0. The maximum absolute atomic E-state index is 12.3. The zero-order chi connectivity index (χ0) is 17.0. The predicted octanol–water partition coefficient (Wildman–Crippen LogP) is 2.12. The fourth-order valence-electron chi connectivity index (χ4n) is 2.63. The number of ether oxygens (including phenoxy) is 1. The summed E-state index contributed by atoms with van der Waals surface area (Å²) in [5, 5.41) is 22.8. The van der Waals surface area contributed by atoms with Crippen LogP contribution < -0.4 is 10.1 Å². The van der Waals surface area contributed by atoms with Crippen molar-refractivity contribution in [3.05, 3.63) is 33.9 Å². The Morgan fingerprint density at radius 1 is 1.43 bits per heavy atom. The van der Waals surface area contributed by atoms with E-state index in [0.29, 0.717) is 12.8 Å². The van der Waals surface area contributed by atoms with Crippen LogP contribution in [0.2, 0.25) is 0 Å². The normalized spacial score (nSPS) is 15.3. The first-order valence-corrected chi connectivity index (χ1v) is 7.32. The molecule has 0 aromatic heterocycles. The van der Waals surface area contributed by atoms with Gasteiger partial charge in [0.2, 0.25) is 0 Å². The SMILES string of the molecule is CCOc1ccc(C(=O)NC2(CC(=O)O)CCC2)cc1[N+](=O)[O-]. The third-order valence-electron chi connectivity index (χ3n) is 3.90. The molecular formula is C15H18N2O6. The van der Waals surface area contributed by atoms with E-state index in [-0.39, 0.29) is 30.0 Å². The van der Waals surface area contributed by atoms with Gasteiger partial charge in [0, 0.05) is 11.6 Å². The van der Waals surface area contributed by atoms with Crippen LogP contribution in [0.5, 0.6) is 5.75 Å². The minimum atomic E-state index is -0.984. The van der Waals surface area contributed by atoms with Crippen LogP contribution in [0.25, 0.3) is 0 Å². The maximum atomic E-state index is 12.3. The van der Waals surface area contributed by atoms with Crippen LogP contribution in [-0.4, -0.2) is 34.1 Å². The van der Waals surface area contributed by atoms with Crippen molar-refractivity contribution < 1.29 is 24.4 Å². The molecule has 1 aromatic rings. The number of carbonyl (C=O) groups is 2. The van der Waals surface area contributed by atoms with Gasteiger partial charge in [-0.15, -0.1) is 0 Å². The Hall–Kier alpha value is -2.64. The molecule has 124 valence electrons. The lowest BCUT2D eigenvalue weighted by Gasteiger charge is -2.41. The average Bonchev–Trinajstić information content (AvgIpc) is 2.44. The molecule has 1 aromatic carbocycles.